The van der Waals surface area contributed by atoms with Crippen molar-refractivity contribution in [2.75, 3.05) is 36.0 Å². The van der Waals surface area contributed by atoms with Gasteiger partial charge < -0.3 is 19.5 Å². The fourth-order valence-corrected chi connectivity index (χ4v) is 4.43. The first kappa shape index (κ1) is 18.1. The molecule has 2 aliphatic rings. The molecule has 0 spiro atoms. The number of pyridine rings is 1. The Morgan fingerprint density at radius 1 is 1.15 bits per heavy atom. The highest BCUT2D eigenvalue weighted by Gasteiger charge is 2.31. The van der Waals surface area contributed by atoms with Crippen LogP contribution >= 0.6 is 0 Å². The number of hydrogen-bond acceptors (Lipinski definition) is 4. The second kappa shape index (κ2) is 7.77. The molecule has 2 saturated heterocycles. The monoisotopic (exact) mass is 367 g/mol. The predicted octanol–water partition coefficient (Wildman–Crippen LogP) is 3.06. The maximum Gasteiger partial charge on any atom is 0.251 e. The topological polar surface area (TPSA) is 48.6 Å². The molecule has 0 amide bonds. The summed E-state index contributed by atoms with van der Waals surface area (Å²) >= 11 is 0. The number of morpholine rings is 1. The molecular formula is C22H29N3O2. The Labute approximate surface area is 161 Å². The average Bonchev–Trinajstić information content (AvgIpc) is 3.02. The Bertz CT molecular complexity index is 820. The van der Waals surface area contributed by atoms with E-state index >= 15 is 0 Å². The number of benzene rings is 1. The van der Waals surface area contributed by atoms with Gasteiger partial charge in [0.2, 0.25) is 0 Å². The van der Waals surface area contributed by atoms with E-state index in [1.54, 1.807) is 6.07 Å². The molecule has 2 fully saturated rings. The predicted molar refractivity (Wildman–Crippen MR) is 110 cm³/mol. The zero-order valence-corrected chi connectivity index (χ0v) is 16.2. The highest BCUT2D eigenvalue weighted by atomic mass is 16.5. The number of anilines is 2. The fourth-order valence-electron chi connectivity index (χ4n) is 4.43. The molecule has 1 aromatic carbocycles. The zero-order chi connectivity index (χ0) is 18.8. The molecule has 27 heavy (non-hydrogen) atoms. The lowest BCUT2D eigenvalue weighted by Crippen LogP contribution is -2.41. The van der Waals surface area contributed by atoms with Gasteiger partial charge >= 0.3 is 0 Å². The molecule has 144 valence electrons. The molecule has 3 heterocycles. The summed E-state index contributed by atoms with van der Waals surface area (Å²) in [7, 11) is 0. The number of aromatic nitrogens is 1. The van der Waals surface area contributed by atoms with Crippen molar-refractivity contribution in [3.8, 4) is 0 Å². The van der Waals surface area contributed by atoms with Crippen molar-refractivity contribution in [3.05, 3.63) is 58.4 Å². The van der Waals surface area contributed by atoms with Crippen LogP contribution in [0.2, 0.25) is 0 Å². The van der Waals surface area contributed by atoms with Gasteiger partial charge in [-0.25, -0.2) is 0 Å². The van der Waals surface area contributed by atoms with Crippen LogP contribution in [-0.2, 0) is 11.2 Å². The van der Waals surface area contributed by atoms with Gasteiger partial charge in [-0.2, -0.15) is 0 Å². The Kier molecular flexibility index (Phi) is 5.21. The number of H-pyrrole nitrogens is 1. The number of ether oxygens (including phenoxy) is 1. The van der Waals surface area contributed by atoms with Crippen LogP contribution in [0.25, 0.3) is 0 Å². The highest BCUT2D eigenvalue weighted by molar-refractivity contribution is 5.56. The summed E-state index contributed by atoms with van der Waals surface area (Å²) in [4.78, 5) is 20.1. The fraction of sp³-hybridized carbons (Fsp3) is 0.500. The van der Waals surface area contributed by atoms with Crippen molar-refractivity contribution >= 4 is 11.5 Å². The van der Waals surface area contributed by atoms with Crippen LogP contribution in [0.1, 0.15) is 25.8 Å². The first-order valence-corrected chi connectivity index (χ1v) is 10.00. The van der Waals surface area contributed by atoms with E-state index in [0.29, 0.717) is 18.6 Å². The maximum absolute atomic E-state index is 12.4. The lowest BCUT2D eigenvalue weighted by Gasteiger charge is -2.34. The van der Waals surface area contributed by atoms with E-state index in [1.165, 1.54) is 5.56 Å². The van der Waals surface area contributed by atoms with E-state index in [1.807, 2.05) is 0 Å². The molecular weight excluding hydrogens is 338 g/mol. The minimum absolute atomic E-state index is 0.0281. The first-order valence-electron chi connectivity index (χ1n) is 10.00. The summed E-state index contributed by atoms with van der Waals surface area (Å²) in [6.07, 6.45) is 2.35. The van der Waals surface area contributed by atoms with E-state index in [4.69, 9.17) is 4.74 Å². The molecule has 1 N–H and O–H groups in total. The van der Waals surface area contributed by atoms with Crippen molar-refractivity contribution in [2.45, 2.75) is 38.8 Å². The summed E-state index contributed by atoms with van der Waals surface area (Å²) < 4.78 is 5.65. The van der Waals surface area contributed by atoms with Crippen LogP contribution in [-0.4, -0.2) is 43.4 Å². The van der Waals surface area contributed by atoms with Gasteiger partial charge in [-0.1, -0.05) is 37.3 Å². The van der Waals surface area contributed by atoms with Gasteiger partial charge in [0.05, 0.1) is 12.7 Å². The van der Waals surface area contributed by atoms with Gasteiger partial charge in [0.15, 0.2) is 0 Å². The smallest absolute Gasteiger partial charge is 0.251 e. The molecule has 1 aromatic heterocycles. The van der Waals surface area contributed by atoms with Crippen LogP contribution in [0.3, 0.4) is 0 Å². The lowest BCUT2D eigenvalue weighted by molar-refractivity contribution is 0.0532. The van der Waals surface area contributed by atoms with Crippen LogP contribution in [0.15, 0.2) is 47.3 Å². The van der Waals surface area contributed by atoms with Crippen molar-refractivity contribution in [1.82, 2.24) is 4.98 Å². The van der Waals surface area contributed by atoms with E-state index in [-0.39, 0.29) is 11.7 Å². The van der Waals surface area contributed by atoms with Crippen LogP contribution in [0.5, 0.6) is 0 Å². The van der Waals surface area contributed by atoms with Gasteiger partial charge in [-0.05, 0) is 31.2 Å². The molecule has 0 radical (unpaired) electrons. The lowest BCUT2D eigenvalue weighted by atomic mass is 10.0. The average molecular weight is 367 g/mol. The number of nitrogens with one attached hydrogen (secondary N) is 1. The molecule has 0 saturated carbocycles. The van der Waals surface area contributed by atoms with Crippen molar-refractivity contribution in [2.24, 2.45) is 5.92 Å². The molecule has 0 aliphatic carbocycles. The van der Waals surface area contributed by atoms with Gasteiger partial charge in [0.1, 0.15) is 5.82 Å². The summed E-state index contributed by atoms with van der Waals surface area (Å²) in [6, 6.07) is 14.9. The van der Waals surface area contributed by atoms with Gasteiger partial charge in [-0.3, -0.25) is 4.79 Å². The second-order valence-electron chi connectivity index (χ2n) is 8.05. The molecule has 0 bridgehead atoms. The third-order valence-electron chi connectivity index (χ3n) is 5.67. The number of nitrogens with zero attached hydrogens (tertiary/aromatic N) is 2. The minimum atomic E-state index is -0.0281. The van der Waals surface area contributed by atoms with Crippen LogP contribution in [0, 0.1) is 5.92 Å². The third-order valence-corrected chi connectivity index (χ3v) is 5.67. The van der Waals surface area contributed by atoms with Crippen molar-refractivity contribution in [3.63, 3.8) is 0 Å². The van der Waals surface area contributed by atoms with Gasteiger partial charge in [0.25, 0.3) is 5.56 Å². The Morgan fingerprint density at radius 2 is 1.96 bits per heavy atom. The molecule has 4 rings (SSSR count). The van der Waals surface area contributed by atoms with Gasteiger partial charge in [-0.15, -0.1) is 0 Å². The maximum atomic E-state index is 12.4. The Morgan fingerprint density at radius 3 is 2.74 bits per heavy atom. The van der Waals surface area contributed by atoms with Gasteiger partial charge in [0, 0.05) is 43.5 Å². The van der Waals surface area contributed by atoms with Crippen LogP contribution < -0.4 is 15.4 Å². The minimum Gasteiger partial charge on any atom is -0.375 e. The summed E-state index contributed by atoms with van der Waals surface area (Å²) in [5.41, 5.74) is 2.32. The van der Waals surface area contributed by atoms with Crippen molar-refractivity contribution in [1.29, 1.82) is 0 Å². The number of aromatic amines is 1. The second-order valence-corrected chi connectivity index (χ2v) is 8.05. The zero-order valence-electron chi connectivity index (χ0n) is 16.2. The van der Waals surface area contributed by atoms with E-state index < -0.39 is 0 Å². The number of rotatable bonds is 4. The summed E-state index contributed by atoms with van der Waals surface area (Å²) in [5.74, 6) is 1.57. The Hall–Kier alpha value is -2.27. The normalized spacial score (nSPS) is 25.8. The molecule has 2 aromatic rings. The van der Waals surface area contributed by atoms with E-state index in [9.17, 15) is 4.79 Å². The largest absolute Gasteiger partial charge is 0.375 e. The standard InChI is InChI=1S/C22H29N3O2/c1-16-10-20(11-18-6-4-3-5-7-18)25(14-16)21-12-19(13-22(26)23-21)24-8-9-27-17(2)15-24/h3-7,12-13,16-17,20H,8-11,14-15H2,1-2H3,(H,23,26)/t16-,17-,20-/m1/s1. The quantitative estimate of drug-likeness (QED) is 0.902. The van der Waals surface area contributed by atoms with E-state index in [2.05, 4.69) is 65.0 Å². The summed E-state index contributed by atoms with van der Waals surface area (Å²) in [5, 5.41) is 0. The van der Waals surface area contributed by atoms with Crippen molar-refractivity contribution < 1.29 is 4.74 Å². The molecule has 2 aliphatic heterocycles. The third kappa shape index (κ3) is 4.19. The molecule has 0 unspecified atom stereocenters. The van der Waals surface area contributed by atoms with E-state index in [0.717, 1.165) is 44.0 Å². The van der Waals surface area contributed by atoms with Crippen LogP contribution in [0.4, 0.5) is 11.5 Å². The molecule has 3 atom stereocenters. The highest BCUT2D eigenvalue weighted by Crippen LogP contribution is 2.31. The Balaban J connectivity index is 1.60. The first-order chi connectivity index (χ1) is 13.1. The SMILES string of the molecule is C[C@@H]1C[C@H](Cc2ccccc2)N(c2cc(N3CCO[C@H](C)C3)cc(=O)[nH]2)C1. The summed E-state index contributed by atoms with van der Waals surface area (Å²) in [6.45, 7) is 7.72. The number of hydrogen-bond donors (Lipinski definition) is 1. The molecule has 5 nitrogen and oxygen atoms in total. The molecule has 5 heteroatoms.